The number of aryl methyl sites for hydroxylation is 1. The van der Waals surface area contributed by atoms with Gasteiger partial charge in [-0.05, 0) is 38.7 Å². The highest BCUT2D eigenvalue weighted by Crippen LogP contribution is 2.59. The highest BCUT2D eigenvalue weighted by Gasteiger charge is 2.61. The average molecular weight is 364 g/mol. The van der Waals surface area contributed by atoms with E-state index in [4.69, 9.17) is 4.98 Å². The molecule has 0 amide bonds. The van der Waals surface area contributed by atoms with Crippen LogP contribution in [-0.4, -0.2) is 53.2 Å². The average Bonchev–Trinajstić information content (AvgIpc) is 3.22. The van der Waals surface area contributed by atoms with Crippen LogP contribution in [0.4, 0.5) is 11.9 Å². The molecule has 1 aromatic heterocycles. The molecule has 1 N–H and O–H groups in total. The Morgan fingerprint density at radius 1 is 1.04 bits per heavy atom. The molecule has 1 aromatic carbocycles. The van der Waals surface area contributed by atoms with E-state index in [9.17, 15) is 0 Å². The van der Waals surface area contributed by atoms with Gasteiger partial charge in [0.25, 0.3) is 0 Å². The number of nitrogens with zero attached hydrogens (tertiary/aromatic N) is 5. The molecular weight excluding hydrogens is 336 g/mol. The summed E-state index contributed by atoms with van der Waals surface area (Å²) in [5.74, 6) is 2.35. The third kappa shape index (κ3) is 2.96. The third-order valence-electron chi connectivity index (χ3n) is 6.46. The van der Waals surface area contributed by atoms with Crippen molar-refractivity contribution in [3.8, 4) is 0 Å². The van der Waals surface area contributed by atoms with Gasteiger partial charge in [-0.1, -0.05) is 29.8 Å². The maximum Gasteiger partial charge on any atom is 0.230 e. The van der Waals surface area contributed by atoms with Crippen molar-refractivity contribution >= 4 is 11.9 Å². The summed E-state index contributed by atoms with van der Waals surface area (Å²) in [6, 6.07) is 9.07. The number of hydrogen-bond acceptors (Lipinski definition) is 6. The monoisotopic (exact) mass is 364 g/mol. The smallest absolute Gasteiger partial charge is 0.230 e. The van der Waals surface area contributed by atoms with Crippen molar-refractivity contribution in [3.63, 3.8) is 0 Å². The first kappa shape index (κ1) is 16.9. The maximum absolute atomic E-state index is 4.84. The van der Waals surface area contributed by atoms with Crippen LogP contribution in [0.25, 0.3) is 0 Å². The Kier molecular flexibility index (Phi) is 3.69. The zero-order valence-electron chi connectivity index (χ0n) is 16.4. The number of piperidine rings is 1. The number of anilines is 2. The fourth-order valence-corrected chi connectivity index (χ4v) is 4.86. The van der Waals surface area contributed by atoms with Crippen molar-refractivity contribution in [2.24, 2.45) is 5.92 Å². The Morgan fingerprint density at radius 3 is 2.52 bits per heavy atom. The molecule has 27 heavy (non-hydrogen) atoms. The number of fused-ring (bicyclic) bond motifs is 1. The minimum Gasteiger partial charge on any atom is -0.339 e. The first-order valence-electron chi connectivity index (χ1n) is 9.96. The first-order chi connectivity index (χ1) is 13.0. The number of hydrogen-bond donors (Lipinski definition) is 1. The summed E-state index contributed by atoms with van der Waals surface area (Å²) < 4.78 is 0. The van der Waals surface area contributed by atoms with Crippen LogP contribution in [0.3, 0.4) is 0 Å². The van der Waals surface area contributed by atoms with E-state index in [1.54, 1.807) is 6.33 Å². The zero-order valence-corrected chi connectivity index (χ0v) is 16.4. The molecule has 0 spiro atoms. The number of nitrogens with one attached hydrogen (secondary N) is 1. The van der Waals surface area contributed by atoms with E-state index < -0.39 is 0 Å². The molecule has 6 nitrogen and oxygen atoms in total. The lowest BCUT2D eigenvalue weighted by Gasteiger charge is -2.39. The molecule has 142 valence electrons. The second-order valence-corrected chi connectivity index (χ2v) is 9.12. The normalized spacial score (nSPS) is 28.9. The topological polar surface area (TPSA) is 57.2 Å². The van der Waals surface area contributed by atoms with Gasteiger partial charge in [0.05, 0.1) is 0 Å². The minimum absolute atomic E-state index is 0.0792. The van der Waals surface area contributed by atoms with Crippen molar-refractivity contribution in [3.05, 3.63) is 41.7 Å². The van der Waals surface area contributed by atoms with Crippen LogP contribution < -0.4 is 15.1 Å². The molecule has 2 aromatic rings. The summed E-state index contributed by atoms with van der Waals surface area (Å²) in [5, 5.41) is 3.54. The lowest BCUT2D eigenvalue weighted by atomic mass is 9.94. The number of piperazine rings is 1. The summed E-state index contributed by atoms with van der Waals surface area (Å²) in [4.78, 5) is 18.4. The van der Waals surface area contributed by atoms with Gasteiger partial charge in [-0.25, -0.2) is 9.97 Å². The largest absolute Gasteiger partial charge is 0.339 e. The molecule has 3 fully saturated rings. The molecular formula is C21H28N6. The van der Waals surface area contributed by atoms with Crippen LogP contribution in [0.1, 0.15) is 31.4 Å². The first-order valence-corrected chi connectivity index (χ1v) is 9.96. The lowest BCUT2D eigenvalue weighted by Crippen LogP contribution is -2.57. The molecule has 5 rings (SSSR count). The molecule has 2 aliphatic heterocycles. The Labute approximate surface area is 161 Å². The Hall–Kier alpha value is -2.21. The Balaban J connectivity index is 1.35. The summed E-state index contributed by atoms with van der Waals surface area (Å²) in [5.41, 5.74) is 3.18. The quantitative estimate of drug-likeness (QED) is 0.901. The van der Waals surface area contributed by atoms with Gasteiger partial charge in [0.1, 0.15) is 6.33 Å². The molecule has 6 heteroatoms. The second kappa shape index (κ2) is 5.89. The van der Waals surface area contributed by atoms with Gasteiger partial charge >= 0.3 is 0 Å². The molecule has 1 aliphatic carbocycles. The summed E-state index contributed by atoms with van der Waals surface area (Å²) in [6.07, 6.45) is 2.96. The van der Waals surface area contributed by atoms with Crippen molar-refractivity contribution in [2.45, 2.75) is 38.1 Å². The van der Waals surface area contributed by atoms with E-state index in [1.165, 1.54) is 17.5 Å². The van der Waals surface area contributed by atoms with Crippen LogP contribution in [0.15, 0.2) is 30.6 Å². The van der Waals surface area contributed by atoms with E-state index in [-0.39, 0.29) is 5.54 Å². The minimum atomic E-state index is 0.0792. The van der Waals surface area contributed by atoms with E-state index in [2.05, 4.69) is 70.1 Å². The fraction of sp³-hybridized carbons (Fsp3) is 0.571. The molecule has 0 bridgehead atoms. The van der Waals surface area contributed by atoms with Crippen molar-refractivity contribution < 1.29 is 0 Å². The van der Waals surface area contributed by atoms with Gasteiger partial charge in [0.15, 0.2) is 0 Å². The summed E-state index contributed by atoms with van der Waals surface area (Å²) >= 11 is 0. The Morgan fingerprint density at radius 2 is 1.78 bits per heavy atom. The second-order valence-electron chi connectivity index (χ2n) is 9.12. The summed E-state index contributed by atoms with van der Waals surface area (Å²) in [7, 11) is 0. The maximum atomic E-state index is 4.84. The zero-order chi connectivity index (χ0) is 18.6. The van der Waals surface area contributed by atoms with Crippen LogP contribution in [0.5, 0.6) is 0 Å². The lowest BCUT2D eigenvalue weighted by molar-refractivity contribution is 0.350. The van der Waals surface area contributed by atoms with Gasteiger partial charge in [0.2, 0.25) is 11.9 Å². The highest BCUT2D eigenvalue weighted by molar-refractivity contribution is 5.48. The molecule has 3 aliphatic rings. The predicted molar refractivity (Wildman–Crippen MR) is 107 cm³/mol. The molecule has 0 unspecified atom stereocenters. The predicted octanol–water partition coefficient (Wildman–Crippen LogP) is 2.15. The van der Waals surface area contributed by atoms with Gasteiger partial charge in [-0.15, -0.1) is 0 Å². The summed E-state index contributed by atoms with van der Waals surface area (Å²) in [6.45, 7) is 11.4. The van der Waals surface area contributed by atoms with E-state index in [1.807, 2.05) is 0 Å². The van der Waals surface area contributed by atoms with E-state index >= 15 is 0 Å². The molecule has 2 atom stereocenters. The molecule has 3 heterocycles. The van der Waals surface area contributed by atoms with Gasteiger partial charge < -0.3 is 15.1 Å². The van der Waals surface area contributed by atoms with Crippen LogP contribution in [-0.2, 0) is 5.41 Å². The van der Waals surface area contributed by atoms with Gasteiger partial charge in [0, 0.05) is 43.7 Å². The third-order valence-corrected chi connectivity index (χ3v) is 6.46. The van der Waals surface area contributed by atoms with Crippen LogP contribution in [0, 0.1) is 12.8 Å². The van der Waals surface area contributed by atoms with Crippen molar-refractivity contribution in [1.82, 2.24) is 20.3 Å². The van der Waals surface area contributed by atoms with Gasteiger partial charge in [-0.3, -0.25) is 0 Å². The van der Waals surface area contributed by atoms with E-state index in [0.717, 1.165) is 50.5 Å². The number of rotatable bonds is 3. The van der Waals surface area contributed by atoms with Crippen LogP contribution >= 0.6 is 0 Å². The number of aromatic nitrogens is 3. The number of benzene rings is 1. The van der Waals surface area contributed by atoms with E-state index in [0.29, 0.717) is 5.41 Å². The fourth-order valence-electron chi connectivity index (χ4n) is 4.86. The van der Waals surface area contributed by atoms with Crippen molar-refractivity contribution in [1.29, 1.82) is 0 Å². The standard InChI is InChI=1S/C21H28N6/c1-15-4-6-16(7-5-15)21-10-17(21)11-27(13-21)19-23-14-22-18(25-19)26-9-8-24-20(2,3)12-26/h4-7,14,17,24H,8-13H2,1-3H3/t17-,21+/m0/s1. The van der Waals surface area contributed by atoms with Gasteiger partial charge in [-0.2, -0.15) is 4.98 Å². The van der Waals surface area contributed by atoms with Crippen molar-refractivity contribution in [2.75, 3.05) is 42.5 Å². The molecule has 2 saturated heterocycles. The van der Waals surface area contributed by atoms with Crippen LogP contribution in [0.2, 0.25) is 0 Å². The SMILES string of the molecule is Cc1ccc([C@]23C[C@H]2CN(c2ncnc(N4CCNC(C)(C)C4)n2)C3)cc1. The molecule has 1 saturated carbocycles. The highest BCUT2D eigenvalue weighted by atomic mass is 15.4. The Bertz CT molecular complexity index is 848. The molecule has 0 radical (unpaired) electrons.